The van der Waals surface area contributed by atoms with Crippen molar-refractivity contribution in [2.24, 2.45) is 16.5 Å². The standard InChI is InChI=1S/C7H14N4O3.Cu/c8-7(9)10-5-6(12)14-11-1-3-13-4-2-11;/h1-5H2,(H4,8,9,10);. The maximum Gasteiger partial charge on any atom is 0.346 e. The van der Waals surface area contributed by atoms with Gasteiger partial charge in [0.25, 0.3) is 0 Å². The van der Waals surface area contributed by atoms with Crippen molar-refractivity contribution >= 4 is 11.9 Å². The molecule has 7 nitrogen and oxygen atoms in total. The molecule has 1 heterocycles. The number of ether oxygens (including phenoxy) is 1. The molecule has 1 aliphatic heterocycles. The molecule has 0 atom stereocenters. The van der Waals surface area contributed by atoms with Crippen molar-refractivity contribution in [3.63, 3.8) is 0 Å². The molecule has 0 aromatic heterocycles. The van der Waals surface area contributed by atoms with Crippen molar-refractivity contribution in [3.05, 3.63) is 0 Å². The first kappa shape index (κ1) is 14.2. The van der Waals surface area contributed by atoms with Gasteiger partial charge in [0.1, 0.15) is 6.54 Å². The van der Waals surface area contributed by atoms with E-state index < -0.39 is 5.97 Å². The molecular weight excluding hydrogens is 252 g/mol. The number of hydrogen-bond acceptors (Lipinski definition) is 5. The number of hydrogen-bond donors (Lipinski definition) is 2. The molecule has 1 aliphatic rings. The van der Waals surface area contributed by atoms with Gasteiger partial charge >= 0.3 is 5.97 Å². The Morgan fingerprint density at radius 3 is 2.53 bits per heavy atom. The summed E-state index contributed by atoms with van der Waals surface area (Å²) in [6.45, 7) is 2.13. The summed E-state index contributed by atoms with van der Waals surface area (Å²) in [5.74, 6) is -0.593. The third-order valence-corrected chi connectivity index (χ3v) is 1.59. The summed E-state index contributed by atoms with van der Waals surface area (Å²) in [4.78, 5) is 19.6. The van der Waals surface area contributed by atoms with Crippen molar-refractivity contribution in [1.29, 1.82) is 0 Å². The summed E-state index contributed by atoms with van der Waals surface area (Å²) in [7, 11) is 0. The fourth-order valence-corrected chi connectivity index (χ4v) is 0.967. The van der Waals surface area contributed by atoms with Crippen LogP contribution >= 0.6 is 0 Å². The predicted octanol–water partition coefficient (Wildman–Crippen LogP) is -1.95. The van der Waals surface area contributed by atoms with Gasteiger partial charge in [-0.3, -0.25) is 0 Å². The molecule has 0 aromatic carbocycles. The number of carbonyl (C=O) groups excluding carboxylic acids is 1. The molecule has 0 aromatic rings. The molecule has 0 bridgehead atoms. The maximum atomic E-state index is 11.1. The molecule has 0 amide bonds. The van der Waals surface area contributed by atoms with E-state index in [9.17, 15) is 4.79 Å². The van der Waals surface area contributed by atoms with E-state index >= 15 is 0 Å². The Morgan fingerprint density at radius 1 is 1.40 bits per heavy atom. The van der Waals surface area contributed by atoms with E-state index in [1.54, 1.807) is 0 Å². The molecule has 0 unspecified atom stereocenters. The zero-order valence-electron chi connectivity index (χ0n) is 8.11. The molecule has 1 saturated heterocycles. The number of nitrogens with two attached hydrogens (primary N) is 2. The monoisotopic (exact) mass is 265 g/mol. The number of morpholine rings is 1. The number of nitrogens with zero attached hydrogens (tertiary/aromatic N) is 2. The number of carbonyl (C=O) groups is 1. The molecule has 0 saturated carbocycles. The maximum absolute atomic E-state index is 11.1. The van der Waals surface area contributed by atoms with Crippen LogP contribution in [0.5, 0.6) is 0 Å². The minimum atomic E-state index is -0.472. The van der Waals surface area contributed by atoms with Crippen LogP contribution in [0.15, 0.2) is 4.99 Å². The van der Waals surface area contributed by atoms with Crippen molar-refractivity contribution in [1.82, 2.24) is 5.06 Å². The normalized spacial score (nSPS) is 16.3. The fourth-order valence-electron chi connectivity index (χ4n) is 0.967. The fraction of sp³-hybridized carbons (Fsp3) is 0.714. The van der Waals surface area contributed by atoms with Gasteiger partial charge < -0.3 is 21.0 Å². The average molecular weight is 266 g/mol. The van der Waals surface area contributed by atoms with Gasteiger partial charge in [-0.05, 0) is 0 Å². The van der Waals surface area contributed by atoms with Crippen LogP contribution in [-0.4, -0.2) is 49.8 Å². The van der Waals surface area contributed by atoms with Crippen LogP contribution in [0.4, 0.5) is 0 Å². The first-order valence-electron chi connectivity index (χ1n) is 4.27. The third kappa shape index (κ3) is 6.29. The average Bonchev–Trinajstić information content (AvgIpc) is 2.16. The van der Waals surface area contributed by atoms with Crippen LogP contribution in [0, 0.1) is 0 Å². The van der Waals surface area contributed by atoms with Gasteiger partial charge in [0.2, 0.25) is 0 Å². The molecule has 1 rings (SSSR count). The summed E-state index contributed by atoms with van der Waals surface area (Å²) in [5.41, 5.74) is 10.1. The Morgan fingerprint density at radius 2 is 2.00 bits per heavy atom. The second-order valence-corrected chi connectivity index (χ2v) is 2.75. The summed E-state index contributed by atoms with van der Waals surface area (Å²) in [6.07, 6.45) is 0. The molecule has 1 fully saturated rings. The van der Waals surface area contributed by atoms with Crippen molar-refractivity contribution < 1.29 is 31.4 Å². The molecule has 8 heteroatoms. The third-order valence-electron chi connectivity index (χ3n) is 1.59. The van der Waals surface area contributed by atoms with Crippen molar-refractivity contribution in [2.45, 2.75) is 0 Å². The number of hydroxylamine groups is 2. The van der Waals surface area contributed by atoms with Crippen LogP contribution in [0.1, 0.15) is 0 Å². The van der Waals surface area contributed by atoms with E-state index in [1.807, 2.05) is 0 Å². The quantitative estimate of drug-likeness (QED) is 0.349. The first-order chi connectivity index (χ1) is 6.68. The second kappa shape index (κ2) is 7.47. The van der Waals surface area contributed by atoms with E-state index in [1.165, 1.54) is 5.06 Å². The van der Waals surface area contributed by atoms with Crippen LogP contribution in [-0.2, 0) is 31.4 Å². The number of aliphatic imine (C=N–C) groups is 1. The van der Waals surface area contributed by atoms with Crippen molar-refractivity contribution in [2.75, 3.05) is 32.8 Å². The van der Waals surface area contributed by atoms with Gasteiger partial charge in [0.05, 0.1) is 26.3 Å². The number of rotatable bonds is 3. The van der Waals surface area contributed by atoms with E-state index in [0.717, 1.165) is 0 Å². The Labute approximate surface area is 98.2 Å². The van der Waals surface area contributed by atoms with Gasteiger partial charge in [-0.25, -0.2) is 9.79 Å². The summed E-state index contributed by atoms with van der Waals surface area (Å²) < 4.78 is 5.08. The Kier molecular flexibility index (Phi) is 7.06. The van der Waals surface area contributed by atoms with Gasteiger partial charge in [-0.15, -0.1) is 5.06 Å². The first-order valence-corrected chi connectivity index (χ1v) is 4.27. The summed E-state index contributed by atoms with van der Waals surface area (Å²) >= 11 is 0. The van der Waals surface area contributed by atoms with Gasteiger partial charge in [0, 0.05) is 17.1 Å². The zero-order chi connectivity index (χ0) is 10.4. The second-order valence-electron chi connectivity index (χ2n) is 2.75. The zero-order valence-corrected chi connectivity index (χ0v) is 9.05. The molecular formula is C7H14CuN4O3. The predicted molar refractivity (Wildman–Crippen MR) is 49.2 cm³/mol. The summed E-state index contributed by atoms with van der Waals surface area (Å²) in [6, 6.07) is 0. The van der Waals surface area contributed by atoms with Crippen LogP contribution in [0.25, 0.3) is 0 Å². The molecule has 0 spiro atoms. The molecule has 4 N–H and O–H groups in total. The van der Waals surface area contributed by atoms with E-state index in [-0.39, 0.29) is 29.6 Å². The van der Waals surface area contributed by atoms with Crippen molar-refractivity contribution in [3.8, 4) is 0 Å². The Bertz CT molecular complexity index is 226. The van der Waals surface area contributed by atoms with E-state index in [0.29, 0.717) is 26.3 Å². The van der Waals surface area contributed by atoms with E-state index in [4.69, 9.17) is 21.0 Å². The Balaban J connectivity index is 0.00000196. The molecule has 1 radical (unpaired) electrons. The smallest absolute Gasteiger partial charge is 0.346 e. The largest absolute Gasteiger partial charge is 0.379 e. The topological polar surface area (TPSA) is 103 Å². The van der Waals surface area contributed by atoms with Crippen LogP contribution in [0.2, 0.25) is 0 Å². The number of guanidine groups is 1. The minimum absolute atomic E-state index is 0. The van der Waals surface area contributed by atoms with Gasteiger partial charge in [0.15, 0.2) is 5.96 Å². The van der Waals surface area contributed by atoms with Crippen LogP contribution < -0.4 is 11.5 Å². The van der Waals surface area contributed by atoms with E-state index in [2.05, 4.69) is 4.99 Å². The molecule has 0 aliphatic carbocycles. The molecule has 91 valence electrons. The summed E-state index contributed by atoms with van der Waals surface area (Å²) in [5, 5.41) is 1.54. The minimum Gasteiger partial charge on any atom is -0.379 e. The molecule has 15 heavy (non-hydrogen) atoms. The SMILES string of the molecule is NC(N)=NCC(=O)ON1CCOCC1.[Cu]. The van der Waals surface area contributed by atoms with Gasteiger partial charge in [-0.2, -0.15) is 0 Å². The van der Waals surface area contributed by atoms with Gasteiger partial charge in [-0.1, -0.05) is 0 Å². The Hall–Kier alpha value is -0.821. The van der Waals surface area contributed by atoms with Crippen LogP contribution in [0.3, 0.4) is 0 Å².